The van der Waals surface area contributed by atoms with Crippen molar-refractivity contribution in [3.63, 3.8) is 0 Å². The summed E-state index contributed by atoms with van der Waals surface area (Å²) in [6.07, 6.45) is 1.95. The fourth-order valence-electron chi connectivity index (χ4n) is 3.83. The molecule has 7 heteroatoms. The Balaban J connectivity index is 1.34. The molecule has 7 nitrogen and oxygen atoms in total. The van der Waals surface area contributed by atoms with Crippen LogP contribution < -0.4 is 9.47 Å². The first-order chi connectivity index (χ1) is 13.7. The minimum Gasteiger partial charge on any atom is -0.493 e. The Hall–Kier alpha value is -1.38. The first-order valence-corrected chi connectivity index (χ1v) is 10.2. The molecule has 2 fully saturated rings. The summed E-state index contributed by atoms with van der Waals surface area (Å²) < 4.78 is 21.9. The second-order valence-corrected chi connectivity index (χ2v) is 7.59. The summed E-state index contributed by atoms with van der Waals surface area (Å²) in [4.78, 5) is 4.74. The molecule has 0 aromatic heterocycles. The molecule has 0 amide bonds. The van der Waals surface area contributed by atoms with Gasteiger partial charge >= 0.3 is 0 Å². The molecule has 2 unspecified atom stereocenters. The molecule has 0 radical (unpaired) electrons. The molecule has 158 valence electrons. The first-order valence-electron chi connectivity index (χ1n) is 10.2. The van der Waals surface area contributed by atoms with E-state index in [2.05, 4.69) is 15.9 Å². The highest BCUT2D eigenvalue weighted by Crippen LogP contribution is 2.28. The summed E-state index contributed by atoms with van der Waals surface area (Å²) in [6, 6.07) is 6.08. The highest BCUT2D eigenvalue weighted by atomic mass is 16.5. The molecular formula is C21H34N2O5. The van der Waals surface area contributed by atoms with Crippen molar-refractivity contribution in [2.75, 3.05) is 66.8 Å². The van der Waals surface area contributed by atoms with Crippen molar-refractivity contribution in [1.82, 2.24) is 9.80 Å². The molecule has 28 heavy (non-hydrogen) atoms. The topological polar surface area (TPSA) is 63.6 Å². The highest BCUT2D eigenvalue weighted by Gasteiger charge is 2.21. The van der Waals surface area contributed by atoms with Crippen molar-refractivity contribution in [3.8, 4) is 11.5 Å². The van der Waals surface area contributed by atoms with E-state index in [1.807, 2.05) is 12.1 Å². The normalized spacial score (nSPS) is 22.3. The number of benzene rings is 1. The number of β-amino-alcohol motifs (C(OH)–C–C–N with tert-alkyl or cyclic N) is 1. The van der Waals surface area contributed by atoms with Crippen LogP contribution in [0.3, 0.4) is 0 Å². The zero-order chi connectivity index (χ0) is 19.8. The van der Waals surface area contributed by atoms with Gasteiger partial charge in [-0.1, -0.05) is 6.07 Å². The Bertz CT molecular complexity index is 586. The molecule has 0 saturated carbocycles. The van der Waals surface area contributed by atoms with Crippen molar-refractivity contribution in [1.29, 1.82) is 0 Å². The molecule has 2 atom stereocenters. The van der Waals surface area contributed by atoms with Gasteiger partial charge in [-0.2, -0.15) is 0 Å². The van der Waals surface area contributed by atoms with E-state index in [9.17, 15) is 5.11 Å². The lowest BCUT2D eigenvalue weighted by Crippen LogP contribution is -2.48. The number of aliphatic hydroxyl groups excluding tert-OH is 1. The largest absolute Gasteiger partial charge is 0.493 e. The van der Waals surface area contributed by atoms with Crippen LogP contribution in [0.4, 0.5) is 0 Å². The number of piperazine rings is 1. The molecule has 1 N–H and O–H groups in total. The second-order valence-electron chi connectivity index (χ2n) is 7.59. The Morgan fingerprint density at radius 3 is 2.54 bits per heavy atom. The maximum atomic E-state index is 10.2. The van der Waals surface area contributed by atoms with E-state index in [0.717, 1.165) is 63.7 Å². The maximum Gasteiger partial charge on any atom is 0.161 e. The fourth-order valence-corrected chi connectivity index (χ4v) is 3.83. The molecule has 2 aliphatic rings. The van der Waals surface area contributed by atoms with Crippen molar-refractivity contribution >= 4 is 0 Å². The first kappa shape index (κ1) is 21.3. The Kier molecular flexibility index (Phi) is 8.36. The second kappa shape index (κ2) is 11.0. The van der Waals surface area contributed by atoms with Crippen molar-refractivity contribution in [2.24, 2.45) is 0 Å². The Morgan fingerprint density at radius 2 is 1.86 bits per heavy atom. The molecule has 0 bridgehead atoms. The van der Waals surface area contributed by atoms with E-state index in [-0.39, 0.29) is 6.10 Å². The Labute approximate surface area is 168 Å². The molecule has 3 rings (SSSR count). The molecule has 2 aliphatic heterocycles. The smallest absolute Gasteiger partial charge is 0.161 e. The third-order valence-corrected chi connectivity index (χ3v) is 5.43. The van der Waals surface area contributed by atoms with Crippen LogP contribution in [-0.2, 0) is 16.0 Å². The van der Waals surface area contributed by atoms with Gasteiger partial charge in [-0.15, -0.1) is 0 Å². The van der Waals surface area contributed by atoms with E-state index in [1.54, 1.807) is 14.2 Å². The summed E-state index contributed by atoms with van der Waals surface area (Å²) >= 11 is 0. The van der Waals surface area contributed by atoms with Gasteiger partial charge in [0.2, 0.25) is 0 Å². The van der Waals surface area contributed by atoms with Crippen LogP contribution in [0, 0.1) is 0 Å². The number of ether oxygens (including phenoxy) is 4. The van der Waals surface area contributed by atoms with Crippen LogP contribution in [0.15, 0.2) is 18.2 Å². The third-order valence-electron chi connectivity index (χ3n) is 5.43. The maximum absolute atomic E-state index is 10.2. The zero-order valence-electron chi connectivity index (χ0n) is 17.1. The quantitative estimate of drug-likeness (QED) is 0.643. The third kappa shape index (κ3) is 6.32. The predicted octanol–water partition coefficient (Wildman–Crippen LogP) is 1.38. The summed E-state index contributed by atoms with van der Waals surface area (Å²) in [5.41, 5.74) is 1.22. The lowest BCUT2D eigenvalue weighted by molar-refractivity contribution is -0.0287. The molecular weight excluding hydrogens is 360 g/mol. The number of aliphatic hydroxyl groups is 1. The van der Waals surface area contributed by atoms with E-state index in [1.165, 1.54) is 5.56 Å². The van der Waals surface area contributed by atoms with Crippen LogP contribution in [0.5, 0.6) is 11.5 Å². The summed E-state index contributed by atoms with van der Waals surface area (Å²) in [6.45, 7) is 7.24. The van der Waals surface area contributed by atoms with Crippen molar-refractivity contribution in [2.45, 2.75) is 31.6 Å². The lowest BCUT2D eigenvalue weighted by atomic mass is 10.1. The van der Waals surface area contributed by atoms with Gasteiger partial charge in [0, 0.05) is 45.9 Å². The van der Waals surface area contributed by atoms with Gasteiger partial charge < -0.3 is 24.1 Å². The molecule has 0 aliphatic carbocycles. The summed E-state index contributed by atoms with van der Waals surface area (Å²) in [5, 5.41) is 10.2. The van der Waals surface area contributed by atoms with Crippen molar-refractivity contribution < 1.29 is 24.1 Å². The van der Waals surface area contributed by atoms with Gasteiger partial charge in [-0.05, 0) is 30.5 Å². The lowest BCUT2D eigenvalue weighted by Gasteiger charge is -2.35. The van der Waals surface area contributed by atoms with Gasteiger partial charge in [0.05, 0.1) is 39.6 Å². The van der Waals surface area contributed by atoms with E-state index < -0.39 is 6.10 Å². The highest BCUT2D eigenvalue weighted by molar-refractivity contribution is 5.42. The SMILES string of the molecule is COc1ccc(CN2CCN(CC(O)COCC3CCCO3)CC2)cc1OC. The molecule has 1 aromatic rings. The molecule has 2 saturated heterocycles. The number of methoxy groups -OCH3 is 2. The van der Waals surface area contributed by atoms with Gasteiger partial charge in [-0.25, -0.2) is 0 Å². The summed E-state index contributed by atoms with van der Waals surface area (Å²) in [5.74, 6) is 1.52. The molecule has 1 aromatic carbocycles. The van der Waals surface area contributed by atoms with E-state index in [0.29, 0.717) is 19.8 Å². The zero-order valence-corrected chi connectivity index (χ0v) is 17.1. The van der Waals surface area contributed by atoms with Crippen LogP contribution in [-0.4, -0.2) is 93.9 Å². The van der Waals surface area contributed by atoms with Crippen LogP contribution in [0.25, 0.3) is 0 Å². The van der Waals surface area contributed by atoms with Gasteiger partial charge in [0.25, 0.3) is 0 Å². The average molecular weight is 395 g/mol. The summed E-state index contributed by atoms with van der Waals surface area (Å²) in [7, 11) is 3.31. The van der Waals surface area contributed by atoms with Gasteiger partial charge in [0.1, 0.15) is 0 Å². The Morgan fingerprint density at radius 1 is 1.11 bits per heavy atom. The number of nitrogens with zero attached hydrogens (tertiary/aromatic N) is 2. The van der Waals surface area contributed by atoms with E-state index >= 15 is 0 Å². The fraction of sp³-hybridized carbons (Fsp3) is 0.714. The van der Waals surface area contributed by atoms with Crippen molar-refractivity contribution in [3.05, 3.63) is 23.8 Å². The monoisotopic (exact) mass is 394 g/mol. The predicted molar refractivity (Wildman–Crippen MR) is 107 cm³/mol. The average Bonchev–Trinajstić information content (AvgIpc) is 3.23. The molecule has 0 spiro atoms. The van der Waals surface area contributed by atoms with Gasteiger partial charge in [0.15, 0.2) is 11.5 Å². The number of rotatable bonds is 10. The number of hydrogen-bond donors (Lipinski definition) is 1. The standard InChI is InChI=1S/C21H34N2O5/c1-25-20-6-5-17(12-21(20)26-2)13-22-7-9-23(10-8-22)14-18(24)15-27-16-19-4-3-11-28-19/h5-6,12,18-19,24H,3-4,7-11,13-16H2,1-2H3. The van der Waals surface area contributed by atoms with Crippen LogP contribution in [0.1, 0.15) is 18.4 Å². The van der Waals surface area contributed by atoms with Gasteiger partial charge in [-0.3, -0.25) is 9.80 Å². The van der Waals surface area contributed by atoms with E-state index in [4.69, 9.17) is 18.9 Å². The van der Waals surface area contributed by atoms with Crippen LogP contribution in [0.2, 0.25) is 0 Å². The number of hydrogen-bond acceptors (Lipinski definition) is 7. The minimum atomic E-state index is -0.446. The van der Waals surface area contributed by atoms with Crippen LogP contribution >= 0.6 is 0 Å². The minimum absolute atomic E-state index is 0.215. The molecule has 2 heterocycles.